The van der Waals surface area contributed by atoms with Crippen LogP contribution in [-0.2, 0) is 23.0 Å². The number of aryl methyl sites for hydroxylation is 1. The van der Waals surface area contributed by atoms with E-state index in [9.17, 15) is 4.79 Å². The first-order valence-corrected chi connectivity index (χ1v) is 9.05. The molecule has 128 valence electrons. The zero-order chi connectivity index (χ0) is 16.2. The van der Waals surface area contributed by atoms with E-state index in [1.54, 1.807) is 0 Å². The zero-order valence-electron chi connectivity index (χ0n) is 14.4. The van der Waals surface area contributed by atoms with Crippen LogP contribution < -0.4 is 0 Å². The Hall–Kier alpha value is -1.36. The van der Waals surface area contributed by atoms with Crippen LogP contribution >= 0.6 is 0 Å². The summed E-state index contributed by atoms with van der Waals surface area (Å²) in [6.07, 6.45) is 10.1. The zero-order valence-corrected chi connectivity index (χ0v) is 14.4. The number of nitrogens with zero attached hydrogens (tertiary/aromatic N) is 3. The summed E-state index contributed by atoms with van der Waals surface area (Å²) in [7, 11) is 2.05. The smallest absolute Gasteiger partial charge is 0.228 e. The Balaban J connectivity index is 1.52. The van der Waals surface area contributed by atoms with E-state index >= 15 is 0 Å². The summed E-state index contributed by atoms with van der Waals surface area (Å²) >= 11 is 0. The van der Waals surface area contributed by atoms with Crippen molar-refractivity contribution in [2.45, 2.75) is 51.6 Å². The van der Waals surface area contributed by atoms with Crippen LogP contribution in [-0.4, -0.2) is 46.2 Å². The van der Waals surface area contributed by atoms with Crippen LogP contribution in [0.3, 0.4) is 0 Å². The summed E-state index contributed by atoms with van der Waals surface area (Å²) in [6.45, 7) is 4.71. The second kappa shape index (κ2) is 7.47. The van der Waals surface area contributed by atoms with Gasteiger partial charge in [0.2, 0.25) is 5.91 Å². The van der Waals surface area contributed by atoms with E-state index in [1.165, 1.54) is 0 Å². The number of hydrogen-bond acceptors (Lipinski definition) is 3. The third-order valence-electron chi connectivity index (χ3n) is 5.48. The highest BCUT2D eigenvalue weighted by Gasteiger charge is 2.35. The Labute approximate surface area is 139 Å². The number of amides is 1. The molecule has 1 aromatic rings. The number of imidazole rings is 1. The van der Waals surface area contributed by atoms with E-state index in [1.807, 2.05) is 12.4 Å². The molecular weight excluding hydrogens is 290 g/mol. The van der Waals surface area contributed by atoms with E-state index in [0.29, 0.717) is 11.8 Å². The van der Waals surface area contributed by atoms with Crippen molar-refractivity contribution in [3.8, 4) is 0 Å². The molecule has 3 rings (SSSR count). The molecule has 0 N–H and O–H groups in total. The summed E-state index contributed by atoms with van der Waals surface area (Å²) in [5, 5.41) is 0. The van der Waals surface area contributed by atoms with Gasteiger partial charge in [-0.2, -0.15) is 0 Å². The molecule has 1 amide bonds. The highest BCUT2D eigenvalue weighted by Crippen LogP contribution is 2.28. The van der Waals surface area contributed by atoms with Gasteiger partial charge in [-0.05, 0) is 38.0 Å². The molecule has 0 spiro atoms. The van der Waals surface area contributed by atoms with E-state index in [2.05, 4.69) is 28.4 Å². The van der Waals surface area contributed by atoms with Crippen molar-refractivity contribution in [3.63, 3.8) is 0 Å². The number of carbonyl (C=O) groups excluding carboxylic acids is 1. The fraction of sp³-hybridized carbons (Fsp3) is 0.778. The van der Waals surface area contributed by atoms with Gasteiger partial charge < -0.3 is 14.2 Å². The first-order valence-electron chi connectivity index (χ1n) is 9.05. The Kier molecular flexibility index (Phi) is 5.36. The van der Waals surface area contributed by atoms with Crippen molar-refractivity contribution in [3.05, 3.63) is 18.2 Å². The van der Waals surface area contributed by atoms with Crippen molar-refractivity contribution in [1.29, 1.82) is 0 Å². The quantitative estimate of drug-likeness (QED) is 0.856. The predicted octanol–water partition coefficient (Wildman–Crippen LogP) is 2.41. The SMILES string of the molecule is CCC1OCCCC1C(=O)N1CCC(Cc2nccn2C)CC1. The van der Waals surface area contributed by atoms with E-state index < -0.39 is 0 Å². The number of hydrogen-bond donors (Lipinski definition) is 0. The van der Waals surface area contributed by atoms with Crippen molar-refractivity contribution >= 4 is 5.91 Å². The maximum atomic E-state index is 12.8. The summed E-state index contributed by atoms with van der Waals surface area (Å²) in [6, 6.07) is 0. The van der Waals surface area contributed by atoms with Crippen molar-refractivity contribution < 1.29 is 9.53 Å². The Morgan fingerprint density at radius 1 is 1.35 bits per heavy atom. The minimum absolute atomic E-state index is 0.0832. The predicted molar refractivity (Wildman–Crippen MR) is 89.0 cm³/mol. The van der Waals surface area contributed by atoms with Crippen LogP contribution in [0.2, 0.25) is 0 Å². The average molecular weight is 319 g/mol. The lowest BCUT2D eigenvalue weighted by Crippen LogP contribution is -2.47. The van der Waals surface area contributed by atoms with Gasteiger partial charge in [0.1, 0.15) is 5.82 Å². The van der Waals surface area contributed by atoms with Gasteiger partial charge >= 0.3 is 0 Å². The molecule has 2 saturated heterocycles. The lowest BCUT2D eigenvalue weighted by Gasteiger charge is -2.37. The molecule has 3 heterocycles. The van der Waals surface area contributed by atoms with Gasteiger partial charge in [0, 0.05) is 45.6 Å². The van der Waals surface area contributed by atoms with Gasteiger partial charge in [0.15, 0.2) is 0 Å². The Morgan fingerprint density at radius 2 is 2.13 bits per heavy atom. The highest BCUT2D eigenvalue weighted by atomic mass is 16.5. The standard InChI is InChI=1S/C18H29N3O2/c1-3-16-15(5-4-12-23-16)18(22)21-9-6-14(7-10-21)13-17-19-8-11-20(17)2/h8,11,14-16H,3-7,9-10,12-13H2,1-2H3. The topological polar surface area (TPSA) is 47.4 Å². The van der Waals surface area contributed by atoms with Crippen molar-refractivity contribution in [2.75, 3.05) is 19.7 Å². The van der Waals surface area contributed by atoms with Crippen LogP contribution in [0, 0.1) is 11.8 Å². The molecule has 2 unspecified atom stereocenters. The molecule has 2 fully saturated rings. The van der Waals surface area contributed by atoms with Crippen molar-refractivity contribution in [1.82, 2.24) is 14.5 Å². The second-order valence-electron chi connectivity index (χ2n) is 6.99. The summed E-state index contributed by atoms with van der Waals surface area (Å²) < 4.78 is 7.90. The fourth-order valence-electron chi connectivity index (χ4n) is 3.97. The molecule has 5 nitrogen and oxygen atoms in total. The van der Waals surface area contributed by atoms with E-state index in [4.69, 9.17) is 4.74 Å². The molecule has 2 aliphatic rings. The largest absolute Gasteiger partial charge is 0.377 e. The minimum Gasteiger partial charge on any atom is -0.377 e. The molecule has 1 aromatic heterocycles. The number of ether oxygens (including phenoxy) is 1. The normalized spacial score (nSPS) is 26.4. The average Bonchev–Trinajstić information content (AvgIpc) is 3.00. The van der Waals surface area contributed by atoms with Crippen LogP contribution in [0.15, 0.2) is 12.4 Å². The van der Waals surface area contributed by atoms with Gasteiger partial charge in [0.05, 0.1) is 12.0 Å². The number of rotatable bonds is 4. The molecule has 2 aliphatic heterocycles. The first kappa shape index (κ1) is 16.5. The van der Waals surface area contributed by atoms with Gasteiger partial charge in [-0.1, -0.05) is 6.92 Å². The fourth-order valence-corrected chi connectivity index (χ4v) is 3.97. The Morgan fingerprint density at radius 3 is 2.78 bits per heavy atom. The monoisotopic (exact) mass is 319 g/mol. The van der Waals surface area contributed by atoms with Crippen LogP contribution in [0.1, 0.15) is 44.9 Å². The molecule has 0 aromatic carbocycles. The van der Waals surface area contributed by atoms with Crippen LogP contribution in [0.5, 0.6) is 0 Å². The molecular formula is C18H29N3O2. The molecule has 0 aliphatic carbocycles. The third-order valence-corrected chi connectivity index (χ3v) is 5.48. The number of carbonyl (C=O) groups is 1. The number of likely N-dealkylation sites (tertiary alicyclic amines) is 1. The number of aromatic nitrogens is 2. The highest BCUT2D eigenvalue weighted by molar-refractivity contribution is 5.79. The maximum absolute atomic E-state index is 12.8. The van der Waals surface area contributed by atoms with Gasteiger partial charge in [-0.25, -0.2) is 4.98 Å². The molecule has 0 bridgehead atoms. The lowest BCUT2D eigenvalue weighted by atomic mass is 9.88. The summed E-state index contributed by atoms with van der Waals surface area (Å²) in [4.78, 5) is 19.3. The van der Waals surface area contributed by atoms with Crippen molar-refractivity contribution in [2.24, 2.45) is 18.9 Å². The van der Waals surface area contributed by atoms with Crippen LogP contribution in [0.25, 0.3) is 0 Å². The molecule has 2 atom stereocenters. The van der Waals surface area contributed by atoms with Gasteiger partial charge in [-0.3, -0.25) is 4.79 Å². The summed E-state index contributed by atoms with van der Waals surface area (Å²) in [5.74, 6) is 2.21. The van der Waals surface area contributed by atoms with Crippen LogP contribution in [0.4, 0.5) is 0 Å². The van der Waals surface area contributed by atoms with Gasteiger partial charge in [-0.15, -0.1) is 0 Å². The van der Waals surface area contributed by atoms with E-state index in [-0.39, 0.29) is 12.0 Å². The first-order chi connectivity index (χ1) is 11.2. The molecule has 5 heteroatoms. The molecule has 0 saturated carbocycles. The molecule has 0 radical (unpaired) electrons. The minimum atomic E-state index is 0.0832. The number of piperidine rings is 1. The second-order valence-corrected chi connectivity index (χ2v) is 6.99. The summed E-state index contributed by atoms with van der Waals surface area (Å²) in [5.41, 5.74) is 0. The molecule has 23 heavy (non-hydrogen) atoms. The maximum Gasteiger partial charge on any atom is 0.228 e. The Bertz CT molecular complexity index is 520. The van der Waals surface area contributed by atoms with Gasteiger partial charge in [0.25, 0.3) is 0 Å². The lowest BCUT2D eigenvalue weighted by molar-refractivity contribution is -0.146. The van der Waals surface area contributed by atoms with E-state index in [0.717, 1.165) is 64.0 Å². The third kappa shape index (κ3) is 3.77.